The van der Waals surface area contributed by atoms with Gasteiger partial charge >= 0.3 is 0 Å². The number of hydrogen-bond acceptors (Lipinski definition) is 3. The molecule has 5 heteroatoms. The lowest BCUT2D eigenvalue weighted by Crippen LogP contribution is -2.51. The van der Waals surface area contributed by atoms with E-state index in [4.69, 9.17) is 16.3 Å². The maximum absolute atomic E-state index is 6.09. The van der Waals surface area contributed by atoms with Crippen LogP contribution in [0.15, 0.2) is 12.1 Å². The lowest BCUT2D eigenvalue weighted by Gasteiger charge is -2.51. The van der Waals surface area contributed by atoms with E-state index in [0.29, 0.717) is 11.9 Å². The summed E-state index contributed by atoms with van der Waals surface area (Å²) in [6, 6.07) is 4.34. The predicted octanol–water partition coefficient (Wildman–Crippen LogP) is 3.46. The van der Waals surface area contributed by atoms with Crippen LogP contribution >= 0.6 is 11.6 Å². The van der Waals surface area contributed by atoms with Crippen LogP contribution in [0.5, 0.6) is 0 Å². The summed E-state index contributed by atoms with van der Waals surface area (Å²) in [5.41, 5.74) is 2.92. The lowest BCUT2D eigenvalue weighted by molar-refractivity contribution is -0.112. The molecule has 0 aliphatic heterocycles. The zero-order valence-corrected chi connectivity index (χ0v) is 13.1. The van der Waals surface area contributed by atoms with Crippen molar-refractivity contribution in [2.24, 2.45) is 5.41 Å². The number of alkyl halides is 1. The van der Waals surface area contributed by atoms with Crippen molar-refractivity contribution >= 4 is 22.8 Å². The number of aromatic nitrogens is 3. The summed E-state index contributed by atoms with van der Waals surface area (Å²) in [5.74, 6) is 1.30. The number of ether oxygens (including phenoxy) is 1. The highest BCUT2D eigenvalue weighted by Gasteiger charge is 2.50. The summed E-state index contributed by atoms with van der Waals surface area (Å²) < 4.78 is 7.77. The van der Waals surface area contributed by atoms with Crippen LogP contribution in [0.2, 0.25) is 0 Å². The van der Waals surface area contributed by atoms with E-state index in [0.717, 1.165) is 29.1 Å². The molecule has 4 nitrogen and oxygen atoms in total. The Morgan fingerprint density at radius 3 is 2.75 bits per heavy atom. The standard InChI is InChI=1S/C15H20ClN3O/c1-9-5-6-10-14(17-9)19(13(8-16)18-10)11-7-12(20-4)15(11,2)3/h5-6,11-12H,7-8H2,1-4H3. The van der Waals surface area contributed by atoms with Crippen LogP contribution in [0.25, 0.3) is 11.2 Å². The number of fused-ring (bicyclic) bond motifs is 1. The number of nitrogens with zero attached hydrogens (tertiary/aromatic N) is 3. The Hall–Kier alpha value is -1.13. The Balaban J connectivity index is 2.13. The molecule has 0 N–H and O–H groups in total. The summed E-state index contributed by atoms with van der Waals surface area (Å²) in [6.45, 7) is 6.46. The van der Waals surface area contributed by atoms with E-state index in [2.05, 4.69) is 28.4 Å². The molecule has 2 atom stereocenters. The molecule has 0 bridgehead atoms. The molecule has 0 spiro atoms. The van der Waals surface area contributed by atoms with Gasteiger partial charge in [-0.25, -0.2) is 9.97 Å². The van der Waals surface area contributed by atoms with Gasteiger partial charge in [0.05, 0.1) is 12.0 Å². The molecule has 0 amide bonds. The Morgan fingerprint density at radius 2 is 2.15 bits per heavy atom. The minimum atomic E-state index is 0.0641. The van der Waals surface area contributed by atoms with Crippen LogP contribution in [0.1, 0.15) is 37.8 Å². The Morgan fingerprint density at radius 1 is 1.40 bits per heavy atom. The number of methoxy groups -OCH3 is 1. The van der Waals surface area contributed by atoms with E-state index < -0.39 is 0 Å². The molecule has 0 saturated heterocycles. The first-order chi connectivity index (χ1) is 9.48. The topological polar surface area (TPSA) is 39.9 Å². The monoisotopic (exact) mass is 293 g/mol. The van der Waals surface area contributed by atoms with Gasteiger partial charge in [0.2, 0.25) is 0 Å². The lowest BCUT2D eigenvalue weighted by atomic mass is 9.64. The third kappa shape index (κ3) is 1.85. The molecule has 1 aliphatic rings. The summed E-state index contributed by atoms with van der Waals surface area (Å²) in [4.78, 5) is 9.28. The first kappa shape index (κ1) is 13.8. The van der Waals surface area contributed by atoms with Crippen molar-refractivity contribution in [1.29, 1.82) is 0 Å². The molecular formula is C15H20ClN3O. The second-order valence-corrected chi connectivity index (χ2v) is 6.39. The fraction of sp³-hybridized carbons (Fsp3) is 0.600. The second-order valence-electron chi connectivity index (χ2n) is 6.12. The molecule has 0 radical (unpaired) electrons. The zero-order valence-electron chi connectivity index (χ0n) is 12.4. The summed E-state index contributed by atoms with van der Waals surface area (Å²) in [5, 5.41) is 0. The van der Waals surface area contributed by atoms with Crippen LogP contribution in [0.3, 0.4) is 0 Å². The predicted molar refractivity (Wildman–Crippen MR) is 80.1 cm³/mol. The zero-order chi connectivity index (χ0) is 14.5. The molecule has 2 aromatic heterocycles. The number of aryl methyl sites for hydroxylation is 1. The van der Waals surface area contributed by atoms with Crippen LogP contribution < -0.4 is 0 Å². The quantitative estimate of drug-likeness (QED) is 0.814. The van der Waals surface area contributed by atoms with Crippen molar-refractivity contribution in [1.82, 2.24) is 14.5 Å². The molecule has 2 aromatic rings. The van der Waals surface area contributed by atoms with Crippen molar-refractivity contribution in [2.45, 2.75) is 45.2 Å². The van der Waals surface area contributed by atoms with Gasteiger partial charge in [-0.1, -0.05) is 13.8 Å². The van der Waals surface area contributed by atoms with Crippen LogP contribution in [0.4, 0.5) is 0 Å². The van der Waals surface area contributed by atoms with Gasteiger partial charge in [-0.3, -0.25) is 0 Å². The van der Waals surface area contributed by atoms with E-state index in [1.54, 1.807) is 7.11 Å². The van der Waals surface area contributed by atoms with Gasteiger partial charge in [0.1, 0.15) is 11.3 Å². The first-order valence-electron chi connectivity index (χ1n) is 6.92. The van der Waals surface area contributed by atoms with Gasteiger partial charge in [0.25, 0.3) is 0 Å². The molecule has 0 aromatic carbocycles. The highest BCUT2D eigenvalue weighted by atomic mass is 35.5. The molecule has 1 saturated carbocycles. The summed E-state index contributed by atoms with van der Waals surface area (Å²) >= 11 is 6.09. The van der Waals surface area contributed by atoms with Crippen LogP contribution in [-0.4, -0.2) is 27.7 Å². The minimum absolute atomic E-state index is 0.0641. The van der Waals surface area contributed by atoms with E-state index in [-0.39, 0.29) is 11.5 Å². The molecule has 1 fully saturated rings. The minimum Gasteiger partial charge on any atom is -0.381 e. The summed E-state index contributed by atoms with van der Waals surface area (Å²) in [7, 11) is 1.78. The first-order valence-corrected chi connectivity index (χ1v) is 7.45. The van der Waals surface area contributed by atoms with E-state index in [9.17, 15) is 0 Å². The molecule has 1 aliphatic carbocycles. The number of hydrogen-bond donors (Lipinski definition) is 0. The molecule has 2 unspecified atom stereocenters. The fourth-order valence-electron chi connectivity index (χ4n) is 3.24. The highest BCUT2D eigenvalue weighted by Crippen LogP contribution is 2.52. The highest BCUT2D eigenvalue weighted by molar-refractivity contribution is 6.16. The number of rotatable bonds is 3. The van der Waals surface area contributed by atoms with Crippen molar-refractivity contribution < 1.29 is 4.74 Å². The van der Waals surface area contributed by atoms with Gasteiger partial charge in [-0.15, -0.1) is 11.6 Å². The maximum atomic E-state index is 6.09. The average molecular weight is 294 g/mol. The molecular weight excluding hydrogens is 274 g/mol. The third-order valence-corrected chi connectivity index (χ3v) is 4.83. The van der Waals surface area contributed by atoms with Crippen LogP contribution in [-0.2, 0) is 10.6 Å². The number of halogens is 1. The molecule has 2 heterocycles. The van der Waals surface area contributed by atoms with Crippen molar-refractivity contribution in [3.63, 3.8) is 0 Å². The summed E-state index contributed by atoms with van der Waals surface area (Å²) in [6.07, 6.45) is 1.26. The van der Waals surface area contributed by atoms with Crippen molar-refractivity contribution in [3.8, 4) is 0 Å². The number of imidazole rings is 1. The molecule has 20 heavy (non-hydrogen) atoms. The second kappa shape index (κ2) is 4.71. The van der Waals surface area contributed by atoms with E-state index in [1.807, 2.05) is 19.1 Å². The van der Waals surface area contributed by atoms with E-state index >= 15 is 0 Å². The molecule has 3 rings (SSSR count). The third-order valence-electron chi connectivity index (χ3n) is 4.59. The van der Waals surface area contributed by atoms with Gasteiger partial charge in [-0.05, 0) is 25.5 Å². The van der Waals surface area contributed by atoms with Gasteiger partial charge < -0.3 is 9.30 Å². The largest absolute Gasteiger partial charge is 0.381 e. The smallest absolute Gasteiger partial charge is 0.160 e. The van der Waals surface area contributed by atoms with Gasteiger partial charge in [0, 0.05) is 24.3 Å². The maximum Gasteiger partial charge on any atom is 0.160 e. The van der Waals surface area contributed by atoms with Gasteiger partial charge in [0.15, 0.2) is 5.65 Å². The van der Waals surface area contributed by atoms with E-state index in [1.165, 1.54) is 0 Å². The fourth-order valence-corrected chi connectivity index (χ4v) is 3.43. The van der Waals surface area contributed by atoms with Gasteiger partial charge in [-0.2, -0.15) is 0 Å². The Bertz CT molecular complexity index is 650. The number of pyridine rings is 1. The SMILES string of the molecule is COC1CC(n2c(CCl)nc3ccc(C)nc32)C1(C)C. The van der Waals surface area contributed by atoms with Crippen molar-refractivity contribution in [2.75, 3.05) is 7.11 Å². The van der Waals surface area contributed by atoms with Crippen LogP contribution in [0, 0.1) is 12.3 Å². The molecule has 108 valence electrons. The van der Waals surface area contributed by atoms with Crippen molar-refractivity contribution in [3.05, 3.63) is 23.7 Å². The Labute approximate surface area is 124 Å². The Kier molecular flexibility index (Phi) is 3.26. The average Bonchev–Trinajstić information content (AvgIpc) is 2.76. The normalized spacial score (nSPS) is 24.9.